The molecule has 108 valence electrons. The molecule has 0 amide bonds. The standard InChI is InChI=1S/C15H27N3O/c1-16-15(17-9-8-11-4-2-3-5-11)18-13-10-12-6-7-14(13)19-12/h11-14H,2-10H2,1H3,(H2,16,17,18). The highest BCUT2D eigenvalue weighted by molar-refractivity contribution is 5.80. The molecule has 3 fully saturated rings. The van der Waals surface area contributed by atoms with Crippen molar-refractivity contribution in [3.05, 3.63) is 0 Å². The molecular weight excluding hydrogens is 238 g/mol. The zero-order valence-corrected chi connectivity index (χ0v) is 12.0. The van der Waals surface area contributed by atoms with Crippen LogP contribution in [0, 0.1) is 5.92 Å². The zero-order chi connectivity index (χ0) is 13.1. The highest BCUT2D eigenvalue weighted by Crippen LogP contribution is 2.34. The maximum atomic E-state index is 5.87. The molecule has 3 aliphatic rings. The van der Waals surface area contributed by atoms with Crippen molar-refractivity contribution in [3.63, 3.8) is 0 Å². The normalized spacial score (nSPS) is 35.0. The zero-order valence-electron chi connectivity index (χ0n) is 12.0. The summed E-state index contributed by atoms with van der Waals surface area (Å²) in [5.74, 6) is 1.90. The van der Waals surface area contributed by atoms with Gasteiger partial charge in [-0.1, -0.05) is 25.7 Å². The molecule has 2 heterocycles. The summed E-state index contributed by atoms with van der Waals surface area (Å²) >= 11 is 0. The minimum atomic E-state index is 0.415. The summed E-state index contributed by atoms with van der Waals surface area (Å²) in [4.78, 5) is 4.34. The molecule has 4 heteroatoms. The van der Waals surface area contributed by atoms with Gasteiger partial charge in [-0.25, -0.2) is 0 Å². The summed E-state index contributed by atoms with van der Waals surface area (Å²) in [6.45, 7) is 1.05. The van der Waals surface area contributed by atoms with Crippen molar-refractivity contribution in [2.45, 2.75) is 69.6 Å². The Bertz CT molecular complexity index is 325. The van der Waals surface area contributed by atoms with Crippen LogP contribution in [0.1, 0.15) is 51.4 Å². The predicted molar refractivity (Wildman–Crippen MR) is 77.4 cm³/mol. The minimum absolute atomic E-state index is 0.415. The van der Waals surface area contributed by atoms with Crippen molar-refractivity contribution < 1.29 is 4.74 Å². The second-order valence-electron chi connectivity index (χ2n) is 6.30. The first-order chi connectivity index (χ1) is 9.35. The average Bonchev–Trinajstić information content (AvgIpc) is 3.14. The summed E-state index contributed by atoms with van der Waals surface area (Å²) in [6, 6.07) is 0.469. The number of hydrogen-bond donors (Lipinski definition) is 2. The maximum absolute atomic E-state index is 5.87. The minimum Gasteiger partial charge on any atom is -0.373 e. The van der Waals surface area contributed by atoms with Crippen molar-refractivity contribution >= 4 is 5.96 Å². The fourth-order valence-corrected chi connectivity index (χ4v) is 3.85. The Hall–Kier alpha value is -0.770. The molecule has 3 rings (SSSR count). The van der Waals surface area contributed by atoms with E-state index < -0.39 is 0 Å². The van der Waals surface area contributed by atoms with Crippen LogP contribution in [0.4, 0.5) is 0 Å². The Morgan fingerprint density at radius 1 is 1.21 bits per heavy atom. The number of aliphatic imine (C=N–C) groups is 1. The first kappa shape index (κ1) is 13.2. The molecule has 1 aliphatic carbocycles. The lowest BCUT2D eigenvalue weighted by Crippen LogP contribution is -2.47. The first-order valence-electron chi connectivity index (χ1n) is 7.98. The third-order valence-corrected chi connectivity index (χ3v) is 4.97. The number of nitrogens with zero attached hydrogens (tertiary/aromatic N) is 1. The van der Waals surface area contributed by atoms with E-state index in [4.69, 9.17) is 4.74 Å². The van der Waals surface area contributed by atoms with Gasteiger partial charge in [0.25, 0.3) is 0 Å². The molecule has 19 heavy (non-hydrogen) atoms. The van der Waals surface area contributed by atoms with Crippen molar-refractivity contribution in [2.75, 3.05) is 13.6 Å². The Morgan fingerprint density at radius 2 is 2.05 bits per heavy atom. The SMILES string of the molecule is CN=C(NCCC1CCCC1)NC1CC2CCC1O2. The van der Waals surface area contributed by atoms with Gasteiger partial charge in [-0.3, -0.25) is 4.99 Å². The molecule has 2 bridgehead atoms. The molecule has 2 saturated heterocycles. The highest BCUT2D eigenvalue weighted by Gasteiger charge is 2.41. The number of hydrogen-bond acceptors (Lipinski definition) is 2. The molecule has 3 unspecified atom stereocenters. The lowest BCUT2D eigenvalue weighted by atomic mass is 9.96. The topological polar surface area (TPSA) is 45.7 Å². The van der Waals surface area contributed by atoms with E-state index in [9.17, 15) is 0 Å². The molecule has 2 aliphatic heterocycles. The molecule has 0 radical (unpaired) electrons. The molecule has 3 atom stereocenters. The van der Waals surface area contributed by atoms with Crippen molar-refractivity contribution in [1.29, 1.82) is 0 Å². The Labute approximate surface area is 116 Å². The van der Waals surface area contributed by atoms with E-state index >= 15 is 0 Å². The number of nitrogens with one attached hydrogen (secondary N) is 2. The van der Waals surface area contributed by atoms with E-state index in [1.54, 1.807) is 0 Å². The van der Waals surface area contributed by atoms with Crippen LogP contribution in [0.3, 0.4) is 0 Å². The van der Waals surface area contributed by atoms with Gasteiger partial charge in [0.05, 0.1) is 18.2 Å². The van der Waals surface area contributed by atoms with Crippen LogP contribution >= 0.6 is 0 Å². The summed E-state index contributed by atoms with van der Waals surface area (Å²) in [7, 11) is 1.86. The molecule has 2 N–H and O–H groups in total. The van der Waals surface area contributed by atoms with E-state index in [0.29, 0.717) is 18.2 Å². The molecule has 0 spiro atoms. The fraction of sp³-hybridized carbons (Fsp3) is 0.933. The van der Waals surface area contributed by atoms with Crippen LogP contribution in [-0.2, 0) is 4.74 Å². The Morgan fingerprint density at radius 3 is 2.68 bits per heavy atom. The second kappa shape index (κ2) is 6.12. The van der Waals surface area contributed by atoms with Crippen LogP contribution in [0.2, 0.25) is 0 Å². The number of rotatable bonds is 4. The number of guanidine groups is 1. The van der Waals surface area contributed by atoms with Gasteiger partial charge in [0, 0.05) is 13.6 Å². The van der Waals surface area contributed by atoms with Crippen LogP contribution < -0.4 is 10.6 Å². The van der Waals surface area contributed by atoms with Crippen molar-refractivity contribution in [2.24, 2.45) is 10.9 Å². The van der Waals surface area contributed by atoms with E-state index in [1.165, 1.54) is 44.9 Å². The molecule has 0 aromatic rings. The van der Waals surface area contributed by atoms with E-state index in [-0.39, 0.29) is 0 Å². The van der Waals surface area contributed by atoms with Gasteiger partial charge in [-0.05, 0) is 31.6 Å². The summed E-state index contributed by atoms with van der Waals surface area (Å²) in [5, 5.41) is 7.00. The van der Waals surface area contributed by atoms with Crippen LogP contribution in [0.25, 0.3) is 0 Å². The summed E-state index contributed by atoms with van der Waals surface area (Å²) in [6.07, 6.45) is 11.5. The van der Waals surface area contributed by atoms with Gasteiger partial charge in [-0.15, -0.1) is 0 Å². The summed E-state index contributed by atoms with van der Waals surface area (Å²) in [5.41, 5.74) is 0. The maximum Gasteiger partial charge on any atom is 0.191 e. The molecule has 4 nitrogen and oxygen atoms in total. The van der Waals surface area contributed by atoms with E-state index in [1.807, 2.05) is 7.05 Å². The predicted octanol–water partition coefficient (Wildman–Crippen LogP) is 2.05. The molecular formula is C15H27N3O. The Balaban J connectivity index is 1.38. The van der Waals surface area contributed by atoms with Crippen molar-refractivity contribution in [3.8, 4) is 0 Å². The fourth-order valence-electron chi connectivity index (χ4n) is 3.85. The quantitative estimate of drug-likeness (QED) is 0.604. The van der Waals surface area contributed by atoms with Gasteiger partial charge in [0.2, 0.25) is 0 Å². The lowest BCUT2D eigenvalue weighted by Gasteiger charge is -2.23. The number of fused-ring (bicyclic) bond motifs is 2. The average molecular weight is 265 g/mol. The Kier molecular flexibility index (Phi) is 4.26. The highest BCUT2D eigenvalue weighted by atomic mass is 16.5. The smallest absolute Gasteiger partial charge is 0.191 e. The summed E-state index contributed by atoms with van der Waals surface area (Å²) < 4.78 is 5.87. The van der Waals surface area contributed by atoms with Gasteiger partial charge in [0.15, 0.2) is 5.96 Å². The first-order valence-corrected chi connectivity index (χ1v) is 7.98. The largest absolute Gasteiger partial charge is 0.373 e. The molecule has 0 aromatic heterocycles. The third-order valence-electron chi connectivity index (χ3n) is 4.97. The van der Waals surface area contributed by atoms with Crippen LogP contribution in [-0.4, -0.2) is 37.8 Å². The monoisotopic (exact) mass is 265 g/mol. The molecule has 0 aromatic carbocycles. The van der Waals surface area contributed by atoms with E-state index in [0.717, 1.165) is 24.8 Å². The van der Waals surface area contributed by atoms with Gasteiger partial charge < -0.3 is 15.4 Å². The molecule has 1 saturated carbocycles. The van der Waals surface area contributed by atoms with Crippen LogP contribution in [0.15, 0.2) is 4.99 Å². The third kappa shape index (κ3) is 3.22. The lowest BCUT2D eigenvalue weighted by molar-refractivity contribution is 0.0992. The second-order valence-corrected chi connectivity index (χ2v) is 6.30. The van der Waals surface area contributed by atoms with Crippen LogP contribution in [0.5, 0.6) is 0 Å². The number of ether oxygens (including phenoxy) is 1. The van der Waals surface area contributed by atoms with Gasteiger partial charge in [0.1, 0.15) is 0 Å². The van der Waals surface area contributed by atoms with Gasteiger partial charge in [-0.2, -0.15) is 0 Å². The van der Waals surface area contributed by atoms with Gasteiger partial charge >= 0.3 is 0 Å². The van der Waals surface area contributed by atoms with Crippen molar-refractivity contribution in [1.82, 2.24) is 10.6 Å². The van der Waals surface area contributed by atoms with E-state index in [2.05, 4.69) is 15.6 Å².